The number of rotatable bonds is 2. The van der Waals surface area contributed by atoms with Crippen LogP contribution in [0.25, 0.3) is 11.1 Å². The molecule has 1 aliphatic rings. The number of piperidine rings is 1. The van der Waals surface area contributed by atoms with Crippen molar-refractivity contribution in [2.75, 3.05) is 13.1 Å². The van der Waals surface area contributed by atoms with Crippen LogP contribution < -0.4 is 5.76 Å². The standard InChI is InChI=1S/C19H22N4O3/c1-12-10-21(2)17(20-12)14-5-4-8-23(11-14)18(24)13-6-7-16-15(9-13)22(3)19(25)26-16/h6-7,9-10,14H,4-5,8,11H2,1-3H3. The summed E-state index contributed by atoms with van der Waals surface area (Å²) in [4.78, 5) is 31.2. The van der Waals surface area contributed by atoms with Gasteiger partial charge < -0.3 is 13.9 Å². The summed E-state index contributed by atoms with van der Waals surface area (Å²) in [5.41, 5.74) is 2.70. The zero-order valence-electron chi connectivity index (χ0n) is 15.2. The molecule has 0 spiro atoms. The van der Waals surface area contributed by atoms with Gasteiger partial charge in [-0.1, -0.05) is 0 Å². The fourth-order valence-electron chi connectivity index (χ4n) is 3.83. The average molecular weight is 354 g/mol. The van der Waals surface area contributed by atoms with E-state index in [1.54, 1.807) is 25.2 Å². The van der Waals surface area contributed by atoms with E-state index in [0.717, 1.165) is 30.9 Å². The van der Waals surface area contributed by atoms with Crippen LogP contribution in [0.3, 0.4) is 0 Å². The number of nitrogens with zero attached hydrogens (tertiary/aromatic N) is 4. The van der Waals surface area contributed by atoms with Crippen molar-refractivity contribution in [3.8, 4) is 0 Å². The van der Waals surface area contributed by atoms with Crippen LogP contribution in [0.4, 0.5) is 0 Å². The number of aryl methyl sites for hydroxylation is 3. The molecular weight excluding hydrogens is 332 g/mol. The number of imidazole rings is 1. The molecule has 2 aromatic heterocycles. The molecule has 0 bridgehead atoms. The molecule has 1 fully saturated rings. The molecule has 1 amide bonds. The summed E-state index contributed by atoms with van der Waals surface area (Å²) in [7, 11) is 3.65. The molecule has 0 radical (unpaired) electrons. The van der Waals surface area contributed by atoms with Crippen molar-refractivity contribution in [1.29, 1.82) is 0 Å². The molecule has 0 N–H and O–H groups in total. The van der Waals surface area contributed by atoms with Gasteiger partial charge >= 0.3 is 5.76 Å². The molecule has 7 heteroatoms. The second-order valence-corrected chi connectivity index (χ2v) is 7.05. The number of aromatic nitrogens is 3. The zero-order chi connectivity index (χ0) is 18.4. The minimum atomic E-state index is -0.423. The fraction of sp³-hybridized carbons (Fsp3) is 0.421. The summed E-state index contributed by atoms with van der Waals surface area (Å²) in [6.45, 7) is 3.38. The molecule has 1 aromatic carbocycles. The van der Waals surface area contributed by atoms with Crippen LogP contribution in [-0.2, 0) is 14.1 Å². The average Bonchev–Trinajstić information content (AvgIpc) is 3.12. The first-order valence-corrected chi connectivity index (χ1v) is 8.83. The molecule has 1 aliphatic heterocycles. The van der Waals surface area contributed by atoms with Gasteiger partial charge in [-0.15, -0.1) is 0 Å². The molecule has 3 aromatic rings. The SMILES string of the molecule is Cc1cn(C)c(C2CCCN(C(=O)c3ccc4oc(=O)n(C)c4c3)C2)n1. The van der Waals surface area contributed by atoms with Gasteiger partial charge in [-0.05, 0) is 38.0 Å². The Labute approximate surface area is 150 Å². The van der Waals surface area contributed by atoms with E-state index in [4.69, 9.17) is 4.42 Å². The highest BCUT2D eigenvalue weighted by Gasteiger charge is 2.28. The maximum atomic E-state index is 13.0. The fourth-order valence-corrected chi connectivity index (χ4v) is 3.83. The van der Waals surface area contributed by atoms with Crippen LogP contribution in [0.1, 0.15) is 40.6 Å². The van der Waals surface area contributed by atoms with E-state index in [2.05, 4.69) is 9.55 Å². The lowest BCUT2D eigenvalue weighted by Gasteiger charge is -2.32. The summed E-state index contributed by atoms with van der Waals surface area (Å²) in [6, 6.07) is 5.15. The van der Waals surface area contributed by atoms with Crippen molar-refractivity contribution >= 4 is 17.0 Å². The Morgan fingerprint density at radius 1 is 1.31 bits per heavy atom. The quantitative estimate of drug-likeness (QED) is 0.707. The predicted octanol–water partition coefficient (Wildman–Crippen LogP) is 2.19. The third-order valence-electron chi connectivity index (χ3n) is 5.14. The van der Waals surface area contributed by atoms with Gasteiger partial charge in [0, 0.05) is 44.9 Å². The Bertz CT molecular complexity index is 1040. The number of hydrogen-bond donors (Lipinski definition) is 0. The number of benzene rings is 1. The van der Waals surface area contributed by atoms with E-state index in [1.807, 2.05) is 25.1 Å². The Hall–Kier alpha value is -2.83. The van der Waals surface area contributed by atoms with Gasteiger partial charge in [0.05, 0.1) is 11.2 Å². The number of oxazole rings is 1. The Morgan fingerprint density at radius 2 is 2.12 bits per heavy atom. The van der Waals surface area contributed by atoms with Crippen molar-refractivity contribution in [3.05, 3.63) is 52.0 Å². The van der Waals surface area contributed by atoms with Crippen LogP contribution in [0.15, 0.2) is 33.6 Å². The normalized spacial score (nSPS) is 17.8. The lowest BCUT2D eigenvalue weighted by molar-refractivity contribution is 0.0703. The number of carbonyl (C=O) groups excluding carboxylic acids is 1. The molecule has 0 saturated carbocycles. The van der Waals surface area contributed by atoms with E-state index in [-0.39, 0.29) is 11.8 Å². The Kier molecular flexibility index (Phi) is 3.94. The van der Waals surface area contributed by atoms with Crippen molar-refractivity contribution in [2.24, 2.45) is 14.1 Å². The van der Waals surface area contributed by atoms with Crippen molar-refractivity contribution in [1.82, 2.24) is 19.0 Å². The van der Waals surface area contributed by atoms with Gasteiger partial charge in [0.15, 0.2) is 5.58 Å². The first-order chi connectivity index (χ1) is 12.4. The van der Waals surface area contributed by atoms with E-state index < -0.39 is 5.76 Å². The number of amides is 1. The van der Waals surface area contributed by atoms with E-state index in [9.17, 15) is 9.59 Å². The van der Waals surface area contributed by atoms with Gasteiger partial charge in [-0.3, -0.25) is 9.36 Å². The zero-order valence-corrected chi connectivity index (χ0v) is 15.2. The number of hydrogen-bond acceptors (Lipinski definition) is 4. The summed E-state index contributed by atoms with van der Waals surface area (Å²) < 4.78 is 8.62. The molecular formula is C19H22N4O3. The highest BCUT2D eigenvalue weighted by molar-refractivity contribution is 5.97. The highest BCUT2D eigenvalue weighted by Crippen LogP contribution is 2.27. The van der Waals surface area contributed by atoms with Crippen LogP contribution in [0.5, 0.6) is 0 Å². The largest absolute Gasteiger partial charge is 0.419 e. The maximum Gasteiger partial charge on any atom is 0.419 e. The third-order valence-corrected chi connectivity index (χ3v) is 5.14. The number of likely N-dealkylation sites (tertiary alicyclic amines) is 1. The molecule has 3 heterocycles. The van der Waals surface area contributed by atoms with E-state index in [0.29, 0.717) is 23.2 Å². The smallest absolute Gasteiger partial charge is 0.408 e. The van der Waals surface area contributed by atoms with Crippen molar-refractivity contribution < 1.29 is 9.21 Å². The minimum Gasteiger partial charge on any atom is -0.408 e. The molecule has 26 heavy (non-hydrogen) atoms. The van der Waals surface area contributed by atoms with Gasteiger partial charge in [0.1, 0.15) is 5.82 Å². The summed E-state index contributed by atoms with van der Waals surface area (Å²) >= 11 is 0. The van der Waals surface area contributed by atoms with Gasteiger partial charge in [0.25, 0.3) is 5.91 Å². The lowest BCUT2D eigenvalue weighted by atomic mass is 9.96. The van der Waals surface area contributed by atoms with Crippen LogP contribution in [0.2, 0.25) is 0 Å². The van der Waals surface area contributed by atoms with Crippen LogP contribution in [-0.4, -0.2) is 38.0 Å². The van der Waals surface area contributed by atoms with Gasteiger partial charge in [0.2, 0.25) is 0 Å². The molecule has 1 saturated heterocycles. The molecule has 136 valence electrons. The monoisotopic (exact) mass is 354 g/mol. The summed E-state index contributed by atoms with van der Waals surface area (Å²) in [5, 5.41) is 0. The third kappa shape index (κ3) is 2.73. The second kappa shape index (κ2) is 6.16. The minimum absolute atomic E-state index is 0.0174. The number of carbonyl (C=O) groups is 1. The van der Waals surface area contributed by atoms with Crippen molar-refractivity contribution in [2.45, 2.75) is 25.7 Å². The molecule has 7 nitrogen and oxygen atoms in total. The number of fused-ring (bicyclic) bond motifs is 1. The maximum absolute atomic E-state index is 13.0. The Balaban J connectivity index is 1.60. The topological polar surface area (TPSA) is 73.3 Å². The highest BCUT2D eigenvalue weighted by atomic mass is 16.4. The first-order valence-electron chi connectivity index (χ1n) is 8.83. The van der Waals surface area contributed by atoms with Gasteiger partial charge in [-0.2, -0.15) is 0 Å². The predicted molar refractivity (Wildman–Crippen MR) is 97.3 cm³/mol. The van der Waals surface area contributed by atoms with Gasteiger partial charge in [-0.25, -0.2) is 9.78 Å². The summed E-state index contributed by atoms with van der Waals surface area (Å²) in [5.74, 6) is 0.838. The van der Waals surface area contributed by atoms with Crippen LogP contribution >= 0.6 is 0 Å². The van der Waals surface area contributed by atoms with Crippen LogP contribution in [0, 0.1) is 6.92 Å². The lowest BCUT2D eigenvalue weighted by Crippen LogP contribution is -2.39. The molecule has 1 atom stereocenters. The molecule has 4 rings (SSSR count). The van der Waals surface area contributed by atoms with E-state index >= 15 is 0 Å². The summed E-state index contributed by atoms with van der Waals surface area (Å²) in [6.07, 6.45) is 4.00. The van der Waals surface area contributed by atoms with Crippen molar-refractivity contribution in [3.63, 3.8) is 0 Å². The first kappa shape index (κ1) is 16.6. The van der Waals surface area contributed by atoms with E-state index in [1.165, 1.54) is 4.57 Å². The molecule has 0 aliphatic carbocycles. The Morgan fingerprint density at radius 3 is 2.85 bits per heavy atom. The molecule has 1 unspecified atom stereocenters. The second-order valence-electron chi connectivity index (χ2n) is 7.05.